The molecule has 3 heterocycles. The fraction of sp³-hybridized carbons (Fsp3) is 0.424. The van der Waals surface area contributed by atoms with Gasteiger partial charge in [-0.15, -0.1) is 13.2 Å². The van der Waals surface area contributed by atoms with Crippen molar-refractivity contribution in [3.05, 3.63) is 90.5 Å². The third-order valence-electron chi connectivity index (χ3n) is 9.12. The van der Waals surface area contributed by atoms with Crippen LogP contribution in [0.15, 0.2) is 79.9 Å². The Bertz CT molecular complexity index is 1350. The van der Waals surface area contributed by atoms with Gasteiger partial charge in [-0.1, -0.05) is 61.0 Å². The highest BCUT2D eigenvalue weighted by molar-refractivity contribution is 6.30. The number of amides is 3. The summed E-state index contributed by atoms with van der Waals surface area (Å²) < 4.78 is 6.89. The van der Waals surface area contributed by atoms with Gasteiger partial charge in [-0.3, -0.25) is 14.4 Å². The van der Waals surface area contributed by atoms with Crippen LogP contribution in [0.4, 0.5) is 5.69 Å². The van der Waals surface area contributed by atoms with Gasteiger partial charge < -0.3 is 24.5 Å². The maximum Gasteiger partial charge on any atom is 0.253 e. The number of ether oxygens (including phenoxy) is 1. The van der Waals surface area contributed by atoms with E-state index in [0.717, 1.165) is 5.56 Å². The molecule has 42 heavy (non-hydrogen) atoms. The van der Waals surface area contributed by atoms with Crippen LogP contribution in [0.3, 0.4) is 0 Å². The number of likely N-dealkylation sites (tertiary alicyclic amines) is 1. The summed E-state index contributed by atoms with van der Waals surface area (Å²) in [5.74, 6) is -2.47. The van der Waals surface area contributed by atoms with E-state index < -0.39 is 29.1 Å². The van der Waals surface area contributed by atoms with Crippen molar-refractivity contribution in [1.82, 2.24) is 9.80 Å². The number of aliphatic hydroxyl groups excluding tert-OH is 1. The first-order valence-corrected chi connectivity index (χ1v) is 14.9. The van der Waals surface area contributed by atoms with Gasteiger partial charge in [0.05, 0.1) is 24.0 Å². The smallest absolute Gasteiger partial charge is 0.253 e. The summed E-state index contributed by atoms with van der Waals surface area (Å²) in [4.78, 5) is 48.0. The number of fused-ring (bicyclic) bond motifs is 1. The zero-order valence-corrected chi connectivity index (χ0v) is 24.7. The van der Waals surface area contributed by atoms with E-state index >= 15 is 0 Å². The van der Waals surface area contributed by atoms with Gasteiger partial charge >= 0.3 is 0 Å². The first-order chi connectivity index (χ1) is 20.3. The SMILES string of the molecule is C=CCN(Cc1ccccc1)C(=O)[C@@H]1[C@H]2C(=O)N(CCO)C(C(=O)N(CC=C)c3ccc(Cl)cc3)C23CC[C@@]1(CC)O3. The number of carbonyl (C=O) groups excluding carboxylic acids is 3. The highest BCUT2D eigenvalue weighted by Crippen LogP contribution is 2.64. The summed E-state index contributed by atoms with van der Waals surface area (Å²) in [5, 5.41) is 10.5. The summed E-state index contributed by atoms with van der Waals surface area (Å²) >= 11 is 6.12. The number of hydrogen-bond acceptors (Lipinski definition) is 5. The number of anilines is 1. The van der Waals surface area contributed by atoms with Gasteiger partial charge in [0.2, 0.25) is 11.8 Å². The monoisotopic (exact) mass is 591 g/mol. The van der Waals surface area contributed by atoms with Crippen LogP contribution in [0.1, 0.15) is 31.7 Å². The van der Waals surface area contributed by atoms with Crippen molar-refractivity contribution < 1.29 is 24.2 Å². The van der Waals surface area contributed by atoms with E-state index in [1.54, 1.807) is 46.2 Å². The molecule has 5 rings (SSSR count). The Morgan fingerprint density at radius 2 is 1.76 bits per heavy atom. The molecule has 2 bridgehead atoms. The molecule has 9 heteroatoms. The van der Waals surface area contributed by atoms with Gasteiger partial charge in [0.1, 0.15) is 11.6 Å². The van der Waals surface area contributed by atoms with E-state index in [-0.39, 0.29) is 37.4 Å². The first-order valence-electron chi connectivity index (χ1n) is 14.5. The maximum atomic E-state index is 14.5. The number of carbonyl (C=O) groups is 3. The molecule has 2 unspecified atom stereocenters. The molecule has 1 N–H and O–H groups in total. The molecule has 222 valence electrons. The predicted octanol–water partition coefficient (Wildman–Crippen LogP) is 4.22. The summed E-state index contributed by atoms with van der Waals surface area (Å²) in [6, 6.07) is 15.6. The van der Waals surface area contributed by atoms with Crippen LogP contribution in [0.25, 0.3) is 0 Å². The zero-order chi connectivity index (χ0) is 30.1. The molecular formula is C33H38ClN3O5. The van der Waals surface area contributed by atoms with E-state index in [9.17, 15) is 19.5 Å². The Labute approximate surface area is 252 Å². The number of hydrogen-bond donors (Lipinski definition) is 1. The number of aliphatic hydroxyl groups is 1. The average Bonchev–Trinajstić information content (AvgIpc) is 3.60. The lowest BCUT2D eigenvalue weighted by Gasteiger charge is -2.37. The maximum absolute atomic E-state index is 14.5. The molecular weight excluding hydrogens is 554 g/mol. The van der Waals surface area contributed by atoms with Crippen LogP contribution in [0.2, 0.25) is 5.02 Å². The van der Waals surface area contributed by atoms with Crippen LogP contribution >= 0.6 is 11.6 Å². The molecule has 3 aliphatic rings. The summed E-state index contributed by atoms with van der Waals surface area (Å²) in [5.41, 5.74) is -0.502. The molecule has 8 nitrogen and oxygen atoms in total. The lowest BCUT2D eigenvalue weighted by Crippen LogP contribution is -2.57. The minimum Gasteiger partial charge on any atom is -0.395 e. The van der Waals surface area contributed by atoms with Crippen molar-refractivity contribution in [3.8, 4) is 0 Å². The molecule has 5 atom stereocenters. The Kier molecular flexibility index (Phi) is 8.60. The van der Waals surface area contributed by atoms with Crippen molar-refractivity contribution in [2.45, 2.75) is 50.0 Å². The van der Waals surface area contributed by atoms with Gasteiger partial charge in [0.25, 0.3) is 5.91 Å². The second-order valence-corrected chi connectivity index (χ2v) is 11.7. The van der Waals surface area contributed by atoms with Crippen molar-refractivity contribution in [1.29, 1.82) is 0 Å². The lowest BCUT2D eigenvalue weighted by atomic mass is 9.64. The summed E-state index contributed by atoms with van der Waals surface area (Å²) in [6.07, 6.45) is 4.84. The molecule has 2 aromatic rings. The van der Waals surface area contributed by atoms with Gasteiger partial charge in [-0.2, -0.15) is 0 Å². The molecule has 3 amide bonds. The average molecular weight is 592 g/mol. The van der Waals surface area contributed by atoms with Crippen LogP contribution in [0.5, 0.6) is 0 Å². The number of benzene rings is 2. The van der Waals surface area contributed by atoms with E-state index in [2.05, 4.69) is 13.2 Å². The van der Waals surface area contributed by atoms with Crippen LogP contribution in [-0.2, 0) is 25.7 Å². The molecule has 3 fully saturated rings. The zero-order valence-electron chi connectivity index (χ0n) is 24.0. The van der Waals surface area contributed by atoms with E-state index in [1.807, 2.05) is 37.3 Å². The molecule has 0 radical (unpaired) electrons. The normalized spacial score (nSPS) is 27.5. The molecule has 0 saturated carbocycles. The largest absolute Gasteiger partial charge is 0.395 e. The number of rotatable bonds is 12. The van der Waals surface area contributed by atoms with E-state index in [1.165, 1.54) is 4.90 Å². The van der Waals surface area contributed by atoms with Gasteiger partial charge in [-0.25, -0.2) is 0 Å². The molecule has 0 aromatic heterocycles. The third-order valence-corrected chi connectivity index (χ3v) is 9.37. The minimum atomic E-state index is -1.20. The number of β-amino-alcohol motifs (C(OH)–C–C–N with tert-alkyl or cyclic N) is 1. The number of halogens is 1. The van der Waals surface area contributed by atoms with Gasteiger partial charge in [0.15, 0.2) is 0 Å². The lowest BCUT2D eigenvalue weighted by molar-refractivity contribution is -0.151. The van der Waals surface area contributed by atoms with E-state index in [4.69, 9.17) is 16.3 Å². The first kappa shape index (κ1) is 30.0. The van der Waals surface area contributed by atoms with Crippen molar-refractivity contribution in [3.63, 3.8) is 0 Å². The molecule has 3 aliphatic heterocycles. The Balaban J connectivity index is 1.56. The Morgan fingerprint density at radius 3 is 2.38 bits per heavy atom. The minimum absolute atomic E-state index is 0.0418. The molecule has 0 aliphatic carbocycles. The van der Waals surface area contributed by atoms with Crippen LogP contribution in [0, 0.1) is 11.8 Å². The quantitative estimate of drug-likeness (QED) is 0.373. The van der Waals surface area contributed by atoms with Crippen LogP contribution < -0.4 is 4.90 Å². The predicted molar refractivity (Wildman–Crippen MR) is 162 cm³/mol. The van der Waals surface area contributed by atoms with E-state index in [0.29, 0.717) is 43.1 Å². The van der Waals surface area contributed by atoms with Crippen molar-refractivity contribution >= 4 is 35.0 Å². The van der Waals surface area contributed by atoms with Crippen LogP contribution in [-0.4, -0.2) is 76.1 Å². The molecule has 1 spiro atoms. The topological polar surface area (TPSA) is 90.4 Å². The number of nitrogens with zero attached hydrogens (tertiary/aromatic N) is 3. The highest BCUT2D eigenvalue weighted by Gasteiger charge is 2.79. The fourth-order valence-electron chi connectivity index (χ4n) is 7.33. The Hall–Kier alpha value is -3.46. The summed E-state index contributed by atoms with van der Waals surface area (Å²) in [7, 11) is 0. The molecule has 3 saturated heterocycles. The highest BCUT2D eigenvalue weighted by atomic mass is 35.5. The van der Waals surface area contributed by atoms with Gasteiger partial charge in [-0.05, 0) is 49.1 Å². The third kappa shape index (κ3) is 4.85. The van der Waals surface area contributed by atoms with Crippen molar-refractivity contribution in [2.24, 2.45) is 11.8 Å². The molecule has 2 aromatic carbocycles. The summed E-state index contributed by atoms with van der Waals surface area (Å²) in [6.45, 7) is 10.2. The van der Waals surface area contributed by atoms with Crippen molar-refractivity contribution in [2.75, 3.05) is 31.1 Å². The Morgan fingerprint density at radius 1 is 1.07 bits per heavy atom. The second kappa shape index (κ2) is 12.0. The standard InChI is InChI=1S/C33H38ClN3O5/c1-4-18-35(22-23-10-8-7-9-11-23)29(39)26-27-30(40)37(20-21-38)28(33(27)17-16-32(26,6-3)42-33)31(41)36(19-5-2)25-14-12-24(34)13-15-25/h4-5,7-15,26-28,38H,1-2,6,16-22H2,3H3/t26-,27-,28?,32+,33?/m0/s1. The second-order valence-electron chi connectivity index (χ2n) is 11.3. The van der Waals surface area contributed by atoms with Gasteiger partial charge in [0, 0.05) is 36.9 Å². The fourth-order valence-corrected chi connectivity index (χ4v) is 7.46.